The van der Waals surface area contributed by atoms with Gasteiger partial charge in [-0.05, 0) is 79.9 Å². The van der Waals surface area contributed by atoms with E-state index < -0.39 is 9.84 Å². The van der Waals surface area contributed by atoms with Crippen LogP contribution >= 0.6 is 11.6 Å². The van der Waals surface area contributed by atoms with Gasteiger partial charge in [0, 0.05) is 62.2 Å². The van der Waals surface area contributed by atoms with E-state index in [0.29, 0.717) is 31.2 Å². The number of piperazine rings is 2. The number of carbonyl (C=O) groups is 1. The molecule has 2 fully saturated rings. The number of hydrogen-bond donors (Lipinski definition) is 1. The molecule has 2 aliphatic rings. The first-order chi connectivity index (χ1) is 18.6. The maximum Gasteiger partial charge on any atom is 0.246 e. The molecule has 1 atom stereocenters. The van der Waals surface area contributed by atoms with E-state index in [4.69, 9.17) is 11.6 Å². The molecule has 0 aromatic heterocycles. The van der Waals surface area contributed by atoms with Gasteiger partial charge in [0.05, 0.1) is 9.79 Å². The second-order valence-corrected chi connectivity index (χ2v) is 12.8. The number of rotatable bonds is 5. The zero-order chi connectivity index (χ0) is 27.7. The van der Waals surface area contributed by atoms with Crippen molar-refractivity contribution in [1.82, 2.24) is 10.2 Å². The summed E-state index contributed by atoms with van der Waals surface area (Å²) < 4.78 is 26.5. The van der Waals surface area contributed by atoms with Gasteiger partial charge in [-0.15, -0.1) is 0 Å². The minimum absolute atomic E-state index is 0.109. The first kappa shape index (κ1) is 27.5. The number of amides is 1. The minimum Gasteiger partial charge on any atom is -0.368 e. The van der Waals surface area contributed by atoms with Gasteiger partial charge < -0.3 is 20.0 Å². The fourth-order valence-corrected chi connectivity index (χ4v) is 7.19. The van der Waals surface area contributed by atoms with E-state index in [0.717, 1.165) is 30.9 Å². The Hall–Kier alpha value is -3.07. The number of anilines is 2. The second kappa shape index (κ2) is 11.2. The third-order valence-electron chi connectivity index (χ3n) is 7.72. The molecule has 2 heterocycles. The van der Waals surface area contributed by atoms with Crippen LogP contribution in [-0.2, 0) is 14.6 Å². The summed E-state index contributed by atoms with van der Waals surface area (Å²) in [7, 11) is -3.71. The average molecular weight is 567 g/mol. The molecule has 0 radical (unpaired) electrons. The lowest BCUT2D eigenvalue weighted by molar-refractivity contribution is -0.133. The van der Waals surface area contributed by atoms with Crippen LogP contribution in [0.15, 0.2) is 70.5 Å². The van der Waals surface area contributed by atoms with Crippen molar-refractivity contribution in [3.05, 3.63) is 82.4 Å². The lowest BCUT2D eigenvalue weighted by atomic mass is 10.1. The van der Waals surface area contributed by atoms with Crippen molar-refractivity contribution in [1.29, 1.82) is 0 Å². The Morgan fingerprint density at radius 3 is 2.31 bits per heavy atom. The van der Waals surface area contributed by atoms with Crippen LogP contribution in [0, 0.1) is 20.8 Å². The summed E-state index contributed by atoms with van der Waals surface area (Å²) in [6, 6.07) is 17.6. The van der Waals surface area contributed by atoms with Crippen LogP contribution in [-0.4, -0.2) is 71.1 Å². The highest BCUT2D eigenvalue weighted by Gasteiger charge is 2.34. The minimum atomic E-state index is -3.71. The number of sulfone groups is 1. The molecule has 9 heteroatoms. The van der Waals surface area contributed by atoms with Gasteiger partial charge in [0.2, 0.25) is 15.7 Å². The van der Waals surface area contributed by atoms with E-state index in [1.165, 1.54) is 22.9 Å². The van der Waals surface area contributed by atoms with Crippen LogP contribution in [0.5, 0.6) is 0 Å². The Kier molecular flexibility index (Phi) is 7.89. The monoisotopic (exact) mass is 566 g/mol. The van der Waals surface area contributed by atoms with Crippen molar-refractivity contribution in [3.8, 4) is 0 Å². The van der Waals surface area contributed by atoms with Crippen LogP contribution in [0.1, 0.15) is 16.7 Å². The van der Waals surface area contributed by atoms with Crippen LogP contribution in [0.25, 0.3) is 0 Å². The van der Waals surface area contributed by atoms with Gasteiger partial charge in [-0.2, -0.15) is 0 Å². The van der Waals surface area contributed by atoms with E-state index in [1.54, 1.807) is 30.3 Å². The Balaban J connectivity index is 1.33. The topological polar surface area (TPSA) is 73.0 Å². The lowest BCUT2D eigenvalue weighted by Gasteiger charge is -2.43. The standard InChI is InChI=1S/C30H35ClN4O3S/c1-21-7-8-22(2)28(17-21)33-13-15-34(16-14-33)30(36)29-20-32-11-12-35(29)27-10-9-26(18-23(27)3)39(37,38)25-6-4-5-24(31)19-25/h4-10,17-19,29,32H,11-16,20H2,1-3H3. The largest absolute Gasteiger partial charge is 0.368 e. The van der Waals surface area contributed by atoms with Crippen molar-refractivity contribution in [2.75, 3.05) is 55.6 Å². The number of benzene rings is 3. The molecule has 39 heavy (non-hydrogen) atoms. The summed E-state index contributed by atoms with van der Waals surface area (Å²) in [6.45, 7) is 11.1. The highest BCUT2D eigenvalue weighted by molar-refractivity contribution is 7.91. The second-order valence-electron chi connectivity index (χ2n) is 10.4. The Labute approximate surface area is 236 Å². The third-order valence-corrected chi connectivity index (χ3v) is 9.70. The first-order valence-corrected chi connectivity index (χ1v) is 15.2. The summed E-state index contributed by atoms with van der Waals surface area (Å²) in [5.41, 5.74) is 5.43. The quantitative estimate of drug-likeness (QED) is 0.498. The van der Waals surface area contributed by atoms with Gasteiger partial charge in [0.1, 0.15) is 6.04 Å². The fourth-order valence-electron chi connectivity index (χ4n) is 5.54. The zero-order valence-electron chi connectivity index (χ0n) is 22.7. The molecule has 2 aliphatic heterocycles. The van der Waals surface area contributed by atoms with Gasteiger partial charge in [0.25, 0.3) is 0 Å². The number of nitrogens with one attached hydrogen (secondary N) is 1. The van der Waals surface area contributed by atoms with Crippen LogP contribution in [0.4, 0.5) is 11.4 Å². The van der Waals surface area contributed by atoms with Crippen molar-refractivity contribution in [2.45, 2.75) is 36.6 Å². The third kappa shape index (κ3) is 5.64. The van der Waals surface area contributed by atoms with Gasteiger partial charge in [-0.1, -0.05) is 29.8 Å². The molecule has 206 valence electrons. The maximum atomic E-state index is 13.8. The van der Waals surface area contributed by atoms with Crippen LogP contribution in [0.3, 0.4) is 0 Å². The molecule has 0 spiro atoms. The number of nitrogens with zero attached hydrogens (tertiary/aromatic N) is 3. The number of hydrogen-bond acceptors (Lipinski definition) is 6. The fraction of sp³-hybridized carbons (Fsp3) is 0.367. The molecule has 0 saturated carbocycles. The molecule has 7 nitrogen and oxygen atoms in total. The first-order valence-electron chi connectivity index (χ1n) is 13.3. The highest BCUT2D eigenvalue weighted by atomic mass is 35.5. The van der Waals surface area contributed by atoms with Crippen LogP contribution in [0.2, 0.25) is 5.02 Å². The summed E-state index contributed by atoms with van der Waals surface area (Å²) >= 11 is 6.04. The van der Waals surface area contributed by atoms with Gasteiger partial charge in [-0.25, -0.2) is 8.42 Å². The predicted molar refractivity (Wildman–Crippen MR) is 157 cm³/mol. The number of aryl methyl sites for hydroxylation is 3. The molecule has 3 aromatic carbocycles. The molecular formula is C30H35ClN4O3S. The van der Waals surface area contributed by atoms with Gasteiger partial charge >= 0.3 is 0 Å². The molecule has 1 unspecified atom stereocenters. The molecule has 0 aliphatic carbocycles. The maximum absolute atomic E-state index is 13.8. The summed E-state index contributed by atoms with van der Waals surface area (Å²) in [5.74, 6) is 0.109. The SMILES string of the molecule is Cc1ccc(C)c(N2CCN(C(=O)C3CNCCN3c3ccc(S(=O)(=O)c4cccc(Cl)c4)cc3C)CC2)c1. The molecule has 2 saturated heterocycles. The van der Waals surface area contributed by atoms with E-state index in [2.05, 4.69) is 47.2 Å². The molecular weight excluding hydrogens is 532 g/mol. The molecule has 3 aromatic rings. The predicted octanol–water partition coefficient (Wildman–Crippen LogP) is 4.23. The number of carbonyl (C=O) groups excluding carboxylic acids is 1. The summed E-state index contributed by atoms with van der Waals surface area (Å²) in [6.07, 6.45) is 0. The van der Waals surface area contributed by atoms with E-state index in [9.17, 15) is 13.2 Å². The average Bonchev–Trinajstić information content (AvgIpc) is 2.94. The van der Waals surface area contributed by atoms with Gasteiger partial charge in [-0.3, -0.25) is 4.79 Å². The van der Waals surface area contributed by atoms with Gasteiger partial charge in [0.15, 0.2) is 0 Å². The van der Waals surface area contributed by atoms with Crippen molar-refractivity contribution < 1.29 is 13.2 Å². The van der Waals surface area contributed by atoms with E-state index >= 15 is 0 Å². The molecule has 0 bridgehead atoms. The molecule has 5 rings (SSSR count). The Bertz CT molecular complexity index is 1490. The van der Waals surface area contributed by atoms with Crippen molar-refractivity contribution in [3.63, 3.8) is 0 Å². The number of halogens is 1. The smallest absolute Gasteiger partial charge is 0.246 e. The lowest BCUT2D eigenvalue weighted by Crippen LogP contribution is -2.61. The Morgan fingerprint density at radius 1 is 0.846 bits per heavy atom. The summed E-state index contributed by atoms with van der Waals surface area (Å²) in [4.78, 5) is 20.6. The van der Waals surface area contributed by atoms with Crippen molar-refractivity contribution >= 4 is 38.7 Å². The molecule has 1 N–H and O–H groups in total. The zero-order valence-corrected chi connectivity index (χ0v) is 24.2. The van der Waals surface area contributed by atoms with E-state index in [1.807, 2.05) is 17.9 Å². The van der Waals surface area contributed by atoms with Crippen molar-refractivity contribution in [2.24, 2.45) is 0 Å². The van der Waals surface area contributed by atoms with Crippen LogP contribution < -0.4 is 15.1 Å². The highest BCUT2D eigenvalue weighted by Crippen LogP contribution is 2.30. The Morgan fingerprint density at radius 2 is 1.59 bits per heavy atom. The normalized spacial score (nSPS) is 18.4. The van der Waals surface area contributed by atoms with E-state index in [-0.39, 0.29) is 21.7 Å². The summed E-state index contributed by atoms with van der Waals surface area (Å²) in [5, 5.41) is 3.75. The molecule has 1 amide bonds.